The van der Waals surface area contributed by atoms with E-state index in [1.54, 1.807) is 0 Å². The molecule has 0 spiro atoms. The molecule has 0 heterocycles. The lowest BCUT2D eigenvalue weighted by atomic mass is 10.1. The van der Waals surface area contributed by atoms with Crippen LogP contribution in [-0.4, -0.2) is 23.4 Å². The highest BCUT2D eigenvalue weighted by Crippen LogP contribution is 2.35. The Morgan fingerprint density at radius 1 is 1.21 bits per heavy atom. The third-order valence-corrected chi connectivity index (χ3v) is 3.99. The first-order valence-electron chi connectivity index (χ1n) is 7.10. The predicted octanol–water partition coefficient (Wildman–Crippen LogP) is 1.66. The van der Waals surface area contributed by atoms with Crippen molar-refractivity contribution in [1.29, 1.82) is 0 Å². The maximum atomic E-state index is 11.4. The van der Waals surface area contributed by atoms with Crippen LogP contribution in [0.5, 0.6) is 0 Å². The molecule has 3 rings (SSSR count). The number of hydrogen-bond donors (Lipinski definition) is 2. The molecule has 0 aromatic heterocycles. The van der Waals surface area contributed by atoms with Crippen LogP contribution in [0.3, 0.4) is 0 Å². The molecule has 4 nitrogen and oxygen atoms in total. The molecule has 0 aliphatic heterocycles. The molecule has 102 valence electrons. The number of nitrogens with zero attached hydrogens (tertiary/aromatic N) is 1. The van der Waals surface area contributed by atoms with Gasteiger partial charge in [-0.05, 0) is 49.3 Å². The fraction of sp³-hybridized carbons (Fsp3) is 0.533. The Bertz CT molecular complexity index is 449. The molecule has 2 fully saturated rings. The second-order valence-corrected chi connectivity index (χ2v) is 5.77. The van der Waals surface area contributed by atoms with E-state index < -0.39 is 0 Å². The summed E-state index contributed by atoms with van der Waals surface area (Å²) in [5, 5.41) is 0. The Hall–Kier alpha value is -1.39. The number of carbonyl (C=O) groups is 1. The molecule has 2 aliphatic rings. The highest BCUT2D eigenvalue weighted by Gasteiger charge is 2.33. The summed E-state index contributed by atoms with van der Waals surface area (Å²) in [5.41, 5.74) is 4.05. The maximum Gasteiger partial charge on any atom is 0.265 e. The zero-order chi connectivity index (χ0) is 13.2. The number of carbonyl (C=O) groups excluding carboxylic acids is 1. The molecule has 4 heteroatoms. The normalized spacial score (nSPS) is 18.6. The van der Waals surface area contributed by atoms with Gasteiger partial charge in [0.05, 0.1) is 0 Å². The topological polar surface area (TPSA) is 58.4 Å². The Morgan fingerprint density at radius 2 is 1.89 bits per heavy atom. The van der Waals surface area contributed by atoms with Gasteiger partial charge in [0.2, 0.25) is 0 Å². The molecule has 19 heavy (non-hydrogen) atoms. The molecular formula is C15H21N3O. The summed E-state index contributed by atoms with van der Waals surface area (Å²) in [6.07, 6.45) is 5.50. The SMILES string of the molecule is NNC(=O)c1ccc(CN(CC2CC2)C2CC2)cc1. The van der Waals surface area contributed by atoms with Crippen molar-refractivity contribution >= 4 is 5.91 Å². The van der Waals surface area contributed by atoms with Crippen molar-refractivity contribution in [3.05, 3.63) is 35.4 Å². The van der Waals surface area contributed by atoms with Gasteiger partial charge in [0.1, 0.15) is 0 Å². The molecule has 2 saturated carbocycles. The Morgan fingerprint density at radius 3 is 2.42 bits per heavy atom. The highest BCUT2D eigenvalue weighted by atomic mass is 16.2. The summed E-state index contributed by atoms with van der Waals surface area (Å²) in [5.74, 6) is 5.83. The molecule has 0 radical (unpaired) electrons. The van der Waals surface area contributed by atoms with Gasteiger partial charge in [0.15, 0.2) is 0 Å². The quantitative estimate of drug-likeness (QED) is 0.464. The van der Waals surface area contributed by atoms with Gasteiger partial charge < -0.3 is 0 Å². The molecular weight excluding hydrogens is 238 g/mol. The van der Waals surface area contributed by atoms with E-state index in [1.807, 2.05) is 24.3 Å². The number of nitrogens with two attached hydrogens (primary N) is 1. The van der Waals surface area contributed by atoms with Crippen LogP contribution >= 0.6 is 0 Å². The summed E-state index contributed by atoms with van der Waals surface area (Å²) in [7, 11) is 0. The lowest BCUT2D eigenvalue weighted by Crippen LogP contribution is -2.30. The summed E-state index contributed by atoms with van der Waals surface area (Å²) >= 11 is 0. The fourth-order valence-corrected chi connectivity index (χ4v) is 2.49. The van der Waals surface area contributed by atoms with Crippen molar-refractivity contribution in [2.75, 3.05) is 6.54 Å². The number of hydrazine groups is 1. The summed E-state index contributed by atoms with van der Waals surface area (Å²) in [6.45, 7) is 2.25. The van der Waals surface area contributed by atoms with Gasteiger partial charge in [0.25, 0.3) is 5.91 Å². The summed E-state index contributed by atoms with van der Waals surface area (Å²) < 4.78 is 0. The highest BCUT2D eigenvalue weighted by molar-refractivity contribution is 5.93. The fourth-order valence-electron chi connectivity index (χ4n) is 2.49. The van der Waals surface area contributed by atoms with Crippen LogP contribution in [0.1, 0.15) is 41.6 Å². The van der Waals surface area contributed by atoms with E-state index in [-0.39, 0.29) is 5.91 Å². The van der Waals surface area contributed by atoms with Crippen LogP contribution in [0.25, 0.3) is 0 Å². The van der Waals surface area contributed by atoms with Gasteiger partial charge in [-0.15, -0.1) is 0 Å². The third kappa shape index (κ3) is 3.33. The molecule has 1 aromatic rings. The molecule has 0 atom stereocenters. The number of amides is 1. The Balaban J connectivity index is 1.62. The predicted molar refractivity (Wildman–Crippen MR) is 74.3 cm³/mol. The second kappa shape index (κ2) is 5.31. The molecule has 2 aliphatic carbocycles. The first kappa shape index (κ1) is 12.6. The molecule has 1 aromatic carbocycles. The molecule has 0 bridgehead atoms. The number of rotatable bonds is 6. The first-order valence-corrected chi connectivity index (χ1v) is 7.10. The molecule has 3 N–H and O–H groups in total. The van der Waals surface area contributed by atoms with Crippen molar-refractivity contribution < 1.29 is 4.79 Å². The smallest absolute Gasteiger partial charge is 0.265 e. The van der Waals surface area contributed by atoms with Crippen LogP contribution in [0, 0.1) is 5.92 Å². The van der Waals surface area contributed by atoms with Crippen molar-refractivity contribution in [2.24, 2.45) is 11.8 Å². The van der Waals surface area contributed by atoms with Gasteiger partial charge in [-0.2, -0.15) is 0 Å². The third-order valence-electron chi connectivity index (χ3n) is 3.99. The Kier molecular flexibility index (Phi) is 3.53. The van der Waals surface area contributed by atoms with Gasteiger partial charge in [-0.3, -0.25) is 15.1 Å². The van der Waals surface area contributed by atoms with E-state index in [4.69, 9.17) is 5.84 Å². The van der Waals surface area contributed by atoms with Crippen molar-refractivity contribution in [2.45, 2.75) is 38.3 Å². The van der Waals surface area contributed by atoms with Crippen molar-refractivity contribution in [1.82, 2.24) is 10.3 Å². The van der Waals surface area contributed by atoms with Crippen molar-refractivity contribution in [3.8, 4) is 0 Å². The molecule has 1 amide bonds. The Labute approximate surface area is 113 Å². The zero-order valence-electron chi connectivity index (χ0n) is 11.1. The van der Waals surface area contributed by atoms with E-state index in [2.05, 4.69) is 10.3 Å². The van der Waals surface area contributed by atoms with Gasteiger partial charge in [-0.1, -0.05) is 12.1 Å². The maximum absolute atomic E-state index is 11.4. The van der Waals surface area contributed by atoms with Crippen LogP contribution in [0.4, 0.5) is 0 Å². The number of hydrogen-bond acceptors (Lipinski definition) is 3. The van der Waals surface area contributed by atoms with E-state index in [9.17, 15) is 4.79 Å². The molecule has 0 unspecified atom stereocenters. The summed E-state index contributed by atoms with van der Waals surface area (Å²) in [6, 6.07) is 8.56. The van der Waals surface area contributed by atoms with E-state index in [0.29, 0.717) is 5.56 Å². The number of nitrogens with one attached hydrogen (secondary N) is 1. The standard InChI is InChI=1S/C15H21N3O/c16-17-15(19)13-5-3-12(4-6-13)10-18(14-7-8-14)9-11-1-2-11/h3-6,11,14H,1-2,7-10,16H2,(H,17,19). The minimum Gasteiger partial charge on any atom is -0.296 e. The van der Waals surface area contributed by atoms with E-state index in [0.717, 1.165) is 18.5 Å². The van der Waals surface area contributed by atoms with Crippen LogP contribution in [-0.2, 0) is 6.54 Å². The van der Waals surface area contributed by atoms with Crippen LogP contribution in [0.2, 0.25) is 0 Å². The lowest BCUT2D eigenvalue weighted by Gasteiger charge is -2.22. The second-order valence-electron chi connectivity index (χ2n) is 5.77. The summed E-state index contributed by atoms with van der Waals surface area (Å²) in [4.78, 5) is 14.0. The first-order chi connectivity index (χ1) is 9.26. The van der Waals surface area contributed by atoms with Gasteiger partial charge >= 0.3 is 0 Å². The van der Waals surface area contributed by atoms with Gasteiger partial charge in [0, 0.05) is 24.7 Å². The van der Waals surface area contributed by atoms with Crippen LogP contribution < -0.4 is 11.3 Å². The van der Waals surface area contributed by atoms with Crippen LogP contribution in [0.15, 0.2) is 24.3 Å². The minimum atomic E-state index is -0.233. The van der Waals surface area contributed by atoms with E-state index in [1.165, 1.54) is 37.8 Å². The average molecular weight is 259 g/mol. The number of nitrogen functional groups attached to an aromatic ring is 1. The average Bonchev–Trinajstić information content (AvgIpc) is 3.29. The van der Waals surface area contributed by atoms with Crippen molar-refractivity contribution in [3.63, 3.8) is 0 Å². The minimum absolute atomic E-state index is 0.233. The number of benzene rings is 1. The van der Waals surface area contributed by atoms with E-state index >= 15 is 0 Å². The molecule has 0 saturated heterocycles. The van der Waals surface area contributed by atoms with Gasteiger partial charge in [-0.25, -0.2) is 5.84 Å². The zero-order valence-corrected chi connectivity index (χ0v) is 11.1. The lowest BCUT2D eigenvalue weighted by molar-refractivity contribution is 0.0953. The largest absolute Gasteiger partial charge is 0.296 e. The monoisotopic (exact) mass is 259 g/mol.